The maximum atomic E-state index is 15.2. The third-order valence-electron chi connectivity index (χ3n) is 9.95. The summed E-state index contributed by atoms with van der Waals surface area (Å²) in [4.78, 5) is 0. The highest BCUT2D eigenvalue weighted by molar-refractivity contribution is 5.86. The van der Waals surface area contributed by atoms with Gasteiger partial charge in [0.15, 0.2) is 0 Å². The molecule has 3 aromatic rings. The standard InChI is InChI=1S/C37H37F9O/c1-2-3-4-5-22-6-8-23(9-7-22)24-10-12-25(13-11-24)26-19-32(39)34(33(40)20-26)37(45,46)47-28-14-15-29-27(18-28)21-31(38)30(35(29)41)16-17-36(42,43)44/h14-15,18-25H,2-13H2,1H3. The lowest BCUT2D eigenvalue weighted by Crippen LogP contribution is -2.27. The van der Waals surface area contributed by atoms with E-state index in [0.717, 1.165) is 67.9 Å². The fourth-order valence-electron chi connectivity index (χ4n) is 7.48. The largest absolute Gasteiger partial charge is 0.458 e. The van der Waals surface area contributed by atoms with Crippen molar-refractivity contribution in [2.24, 2.45) is 17.8 Å². The van der Waals surface area contributed by atoms with E-state index in [1.165, 1.54) is 57.3 Å². The number of ether oxygens (including phenoxy) is 1. The van der Waals surface area contributed by atoms with Crippen molar-refractivity contribution in [3.05, 3.63) is 76.4 Å². The van der Waals surface area contributed by atoms with Crippen LogP contribution >= 0.6 is 0 Å². The van der Waals surface area contributed by atoms with Gasteiger partial charge in [-0.3, -0.25) is 0 Å². The molecule has 254 valence electrons. The number of unbranched alkanes of at least 4 members (excludes halogenated alkanes) is 2. The van der Waals surface area contributed by atoms with E-state index in [1.807, 2.05) is 0 Å². The molecule has 0 spiro atoms. The molecule has 0 bridgehead atoms. The van der Waals surface area contributed by atoms with E-state index in [-0.39, 0.29) is 11.3 Å². The van der Waals surface area contributed by atoms with Crippen molar-refractivity contribution < 1.29 is 44.3 Å². The maximum absolute atomic E-state index is 15.2. The molecule has 0 heterocycles. The predicted molar refractivity (Wildman–Crippen MR) is 162 cm³/mol. The normalized spacial score (nSPS) is 22.2. The first-order chi connectivity index (χ1) is 22.3. The van der Waals surface area contributed by atoms with Gasteiger partial charge in [0.05, 0.1) is 5.56 Å². The molecule has 0 atom stereocenters. The summed E-state index contributed by atoms with van der Waals surface area (Å²) in [6.07, 6.45) is 3.88. The molecule has 2 fully saturated rings. The molecule has 0 unspecified atom stereocenters. The van der Waals surface area contributed by atoms with Crippen molar-refractivity contribution in [2.75, 3.05) is 0 Å². The lowest BCUT2D eigenvalue weighted by atomic mass is 9.68. The van der Waals surface area contributed by atoms with Crippen molar-refractivity contribution in [1.82, 2.24) is 0 Å². The lowest BCUT2D eigenvalue weighted by molar-refractivity contribution is -0.189. The molecular weight excluding hydrogens is 631 g/mol. The van der Waals surface area contributed by atoms with Crippen LogP contribution in [0.15, 0.2) is 36.4 Å². The van der Waals surface area contributed by atoms with Crippen LogP contribution in [0.1, 0.15) is 107 Å². The van der Waals surface area contributed by atoms with Crippen LogP contribution in [0.3, 0.4) is 0 Å². The highest BCUT2D eigenvalue weighted by Gasteiger charge is 2.42. The molecule has 1 nitrogen and oxygen atoms in total. The van der Waals surface area contributed by atoms with Crippen molar-refractivity contribution in [3.8, 4) is 17.6 Å². The summed E-state index contributed by atoms with van der Waals surface area (Å²) in [5.74, 6) is -2.44. The highest BCUT2D eigenvalue weighted by atomic mass is 19.4. The molecule has 2 aliphatic rings. The zero-order valence-electron chi connectivity index (χ0n) is 26.1. The number of halogens is 9. The first kappa shape index (κ1) is 35.0. The Morgan fingerprint density at radius 1 is 0.745 bits per heavy atom. The maximum Gasteiger partial charge on any atom is 0.458 e. The van der Waals surface area contributed by atoms with Gasteiger partial charge in [-0.15, -0.1) is 0 Å². The number of benzene rings is 3. The molecule has 3 aromatic carbocycles. The SMILES string of the molecule is CCCCCC1CCC(C2CCC(c3cc(F)c(C(F)(F)Oc4ccc5c(F)c(C#CC(F)(F)F)c(F)cc5c4)c(F)c3)CC2)CC1. The van der Waals surface area contributed by atoms with E-state index < -0.39 is 57.8 Å². The van der Waals surface area contributed by atoms with Crippen LogP contribution < -0.4 is 4.74 Å². The predicted octanol–water partition coefficient (Wildman–Crippen LogP) is 12.1. The zero-order valence-corrected chi connectivity index (χ0v) is 26.1. The molecule has 0 aromatic heterocycles. The van der Waals surface area contributed by atoms with Crippen molar-refractivity contribution in [2.45, 2.75) is 102 Å². The first-order valence-corrected chi connectivity index (χ1v) is 16.3. The Balaban J connectivity index is 1.24. The molecule has 47 heavy (non-hydrogen) atoms. The Bertz CT molecular complexity index is 1600. The molecule has 5 rings (SSSR count). The molecule has 2 aliphatic carbocycles. The number of rotatable bonds is 9. The van der Waals surface area contributed by atoms with Gasteiger partial charge in [0.2, 0.25) is 0 Å². The van der Waals surface area contributed by atoms with Gasteiger partial charge in [-0.1, -0.05) is 51.4 Å². The van der Waals surface area contributed by atoms with E-state index in [0.29, 0.717) is 23.5 Å². The minimum Gasteiger partial charge on any atom is -0.429 e. The van der Waals surface area contributed by atoms with Gasteiger partial charge in [-0.05, 0) is 110 Å². The smallest absolute Gasteiger partial charge is 0.429 e. The number of hydrogen-bond acceptors (Lipinski definition) is 1. The second-order valence-electron chi connectivity index (χ2n) is 13.0. The van der Waals surface area contributed by atoms with Gasteiger partial charge in [0, 0.05) is 11.3 Å². The van der Waals surface area contributed by atoms with Gasteiger partial charge in [-0.2, -0.15) is 22.0 Å². The zero-order chi connectivity index (χ0) is 33.9. The quantitative estimate of drug-likeness (QED) is 0.125. The van der Waals surface area contributed by atoms with E-state index in [4.69, 9.17) is 0 Å². The van der Waals surface area contributed by atoms with Crippen molar-refractivity contribution >= 4 is 10.8 Å². The Hall–Kier alpha value is -3.35. The monoisotopic (exact) mass is 668 g/mol. The fourth-order valence-corrected chi connectivity index (χ4v) is 7.48. The van der Waals surface area contributed by atoms with Gasteiger partial charge >= 0.3 is 12.3 Å². The summed E-state index contributed by atoms with van der Waals surface area (Å²) >= 11 is 0. The van der Waals surface area contributed by atoms with Gasteiger partial charge in [-0.25, -0.2) is 17.6 Å². The Morgan fingerprint density at radius 2 is 1.36 bits per heavy atom. The number of hydrogen-bond donors (Lipinski definition) is 0. The average Bonchev–Trinajstić information content (AvgIpc) is 3.00. The molecule has 0 saturated heterocycles. The fraction of sp³-hybridized carbons (Fsp3) is 0.514. The molecule has 0 amide bonds. The minimum absolute atomic E-state index is 0.153. The van der Waals surface area contributed by atoms with Crippen LogP contribution in [0.5, 0.6) is 5.75 Å². The third kappa shape index (κ3) is 8.39. The van der Waals surface area contributed by atoms with Crippen molar-refractivity contribution in [3.63, 3.8) is 0 Å². The molecular formula is C37H37F9O. The highest BCUT2D eigenvalue weighted by Crippen LogP contribution is 2.46. The second kappa shape index (κ2) is 14.4. The van der Waals surface area contributed by atoms with Crippen LogP contribution in [0, 0.1) is 52.9 Å². The van der Waals surface area contributed by atoms with Crippen LogP contribution in [-0.4, -0.2) is 6.18 Å². The topological polar surface area (TPSA) is 9.23 Å². The van der Waals surface area contributed by atoms with Crippen LogP contribution in [0.25, 0.3) is 10.8 Å². The van der Waals surface area contributed by atoms with Crippen LogP contribution in [0.2, 0.25) is 0 Å². The summed E-state index contributed by atoms with van der Waals surface area (Å²) in [5, 5.41) is -0.752. The summed E-state index contributed by atoms with van der Waals surface area (Å²) < 4.78 is 132. The summed E-state index contributed by atoms with van der Waals surface area (Å²) in [5.41, 5.74) is -2.42. The van der Waals surface area contributed by atoms with Gasteiger partial charge in [0.1, 0.15) is 34.6 Å². The minimum atomic E-state index is -4.99. The summed E-state index contributed by atoms with van der Waals surface area (Å²) in [6, 6.07) is 4.96. The molecule has 0 aliphatic heterocycles. The number of fused-ring (bicyclic) bond motifs is 1. The Labute approximate surface area is 268 Å². The lowest BCUT2D eigenvalue weighted by Gasteiger charge is -2.38. The molecule has 0 N–H and O–H groups in total. The average molecular weight is 669 g/mol. The Kier molecular flexibility index (Phi) is 10.7. The number of alkyl halides is 5. The second-order valence-corrected chi connectivity index (χ2v) is 13.0. The molecule has 0 radical (unpaired) electrons. The summed E-state index contributed by atoms with van der Waals surface area (Å²) in [6.45, 7) is 2.21. The Morgan fingerprint density at radius 3 is 1.96 bits per heavy atom. The van der Waals surface area contributed by atoms with E-state index in [1.54, 1.807) is 0 Å². The van der Waals surface area contributed by atoms with E-state index in [9.17, 15) is 22.0 Å². The van der Waals surface area contributed by atoms with Crippen molar-refractivity contribution in [1.29, 1.82) is 0 Å². The molecule has 10 heteroatoms. The van der Waals surface area contributed by atoms with Crippen LogP contribution in [-0.2, 0) is 6.11 Å². The molecule has 2 saturated carbocycles. The van der Waals surface area contributed by atoms with Gasteiger partial charge in [0.25, 0.3) is 0 Å². The van der Waals surface area contributed by atoms with E-state index >= 15 is 17.6 Å². The van der Waals surface area contributed by atoms with Crippen LogP contribution in [0.4, 0.5) is 39.5 Å². The van der Waals surface area contributed by atoms with E-state index in [2.05, 4.69) is 11.7 Å². The van der Waals surface area contributed by atoms with Gasteiger partial charge < -0.3 is 4.74 Å². The third-order valence-corrected chi connectivity index (χ3v) is 9.95. The first-order valence-electron chi connectivity index (χ1n) is 16.3. The summed E-state index contributed by atoms with van der Waals surface area (Å²) in [7, 11) is 0.